The van der Waals surface area contributed by atoms with Crippen molar-refractivity contribution in [3.63, 3.8) is 0 Å². The van der Waals surface area contributed by atoms with Gasteiger partial charge in [0.05, 0.1) is 24.8 Å². The summed E-state index contributed by atoms with van der Waals surface area (Å²) in [4.78, 5) is 18.0. The Morgan fingerprint density at radius 2 is 2.12 bits per heavy atom. The van der Waals surface area contributed by atoms with Gasteiger partial charge in [-0.2, -0.15) is 10.3 Å². The van der Waals surface area contributed by atoms with Gasteiger partial charge >= 0.3 is 7.60 Å². The van der Waals surface area contributed by atoms with Gasteiger partial charge in [0.25, 0.3) is 5.91 Å². The van der Waals surface area contributed by atoms with Crippen molar-refractivity contribution in [1.82, 2.24) is 5.06 Å². The molecule has 1 fully saturated rings. The van der Waals surface area contributed by atoms with Gasteiger partial charge in [0.1, 0.15) is 5.78 Å². The lowest BCUT2D eigenvalue weighted by Gasteiger charge is -2.25. The first-order valence-electron chi connectivity index (χ1n) is 8.03. The van der Waals surface area contributed by atoms with E-state index in [2.05, 4.69) is 5.32 Å². The van der Waals surface area contributed by atoms with Crippen LogP contribution in [0.3, 0.4) is 0 Å². The van der Waals surface area contributed by atoms with E-state index in [0.717, 1.165) is 0 Å². The lowest BCUT2D eigenvalue weighted by atomic mass is 10.2. The average molecular weight is 367 g/mol. The maximum Gasteiger partial charge on any atom is 0.350 e. The molecule has 1 aromatic rings. The van der Waals surface area contributed by atoms with Gasteiger partial charge in [-0.3, -0.25) is 14.2 Å². The molecule has 1 aromatic carbocycles. The molecule has 0 bridgehead atoms. The number of hydrogen-bond donors (Lipinski definition) is 1. The predicted octanol–water partition coefficient (Wildman–Crippen LogP) is 2.72. The van der Waals surface area contributed by atoms with E-state index in [0.29, 0.717) is 11.3 Å². The van der Waals surface area contributed by atoms with Crippen LogP contribution >= 0.6 is 7.60 Å². The summed E-state index contributed by atoms with van der Waals surface area (Å²) in [5.74, 6) is -1.04. The normalized spacial score (nSPS) is 21.0. The zero-order valence-corrected chi connectivity index (χ0v) is 15.4. The number of hydrogen-bond acceptors (Lipinski definition) is 7. The highest BCUT2D eigenvalue weighted by molar-refractivity contribution is 7.54. The number of benzene rings is 1. The van der Waals surface area contributed by atoms with Crippen LogP contribution in [0.2, 0.25) is 0 Å². The van der Waals surface area contributed by atoms with E-state index in [1.807, 2.05) is 6.07 Å². The topological polar surface area (TPSA) is 101 Å². The van der Waals surface area contributed by atoms with Crippen molar-refractivity contribution in [2.24, 2.45) is 0 Å². The fourth-order valence-corrected chi connectivity index (χ4v) is 4.64. The number of carbonyl (C=O) groups excluding carboxylic acids is 1. The molecule has 1 amide bonds. The van der Waals surface area contributed by atoms with Crippen molar-refractivity contribution in [3.8, 4) is 6.07 Å². The minimum atomic E-state index is -3.42. The lowest BCUT2D eigenvalue weighted by Crippen LogP contribution is -2.28. The second-order valence-electron chi connectivity index (χ2n) is 5.41. The SMILES string of the molecule is CCOP(=O)(OCC)[C@H]1C[C@H](C(=O)Nc2cccc(C#N)c2)ON1C. The molecule has 0 saturated carbocycles. The summed E-state index contributed by atoms with van der Waals surface area (Å²) in [6.45, 7) is 3.93. The van der Waals surface area contributed by atoms with Gasteiger partial charge in [-0.05, 0) is 32.0 Å². The third kappa shape index (κ3) is 4.66. The van der Waals surface area contributed by atoms with Crippen molar-refractivity contribution < 1.29 is 23.2 Å². The number of amides is 1. The molecular weight excluding hydrogens is 345 g/mol. The van der Waals surface area contributed by atoms with E-state index in [4.69, 9.17) is 19.1 Å². The molecule has 1 N–H and O–H groups in total. The Balaban J connectivity index is 2.08. The Kier molecular flexibility index (Phi) is 6.71. The Hall–Kier alpha value is -1.75. The maximum absolute atomic E-state index is 12.9. The molecule has 0 radical (unpaired) electrons. The van der Waals surface area contributed by atoms with Gasteiger partial charge in [-0.25, -0.2) is 0 Å². The van der Waals surface area contributed by atoms with Crippen molar-refractivity contribution in [3.05, 3.63) is 29.8 Å². The third-order valence-electron chi connectivity index (χ3n) is 3.67. The van der Waals surface area contributed by atoms with E-state index in [-0.39, 0.29) is 25.5 Å². The zero-order chi connectivity index (χ0) is 18.4. The quantitative estimate of drug-likeness (QED) is 0.740. The van der Waals surface area contributed by atoms with Crippen LogP contribution in [0.25, 0.3) is 0 Å². The Morgan fingerprint density at radius 1 is 1.44 bits per heavy atom. The van der Waals surface area contributed by atoms with Crippen molar-refractivity contribution in [2.75, 3.05) is 25.6 Å². The molecular formula is C16H22N3O5P. The summed E-state index contributed by atoms with van der Waals surface area (Å²) in [5.41, 5.74) is 0.939. The molecule has 1 saturated heterocycles. The summed E-state index contributed by atoms with van der Waals surface area (Å²) < 4.78 is 23.6. The van der Waals surface area contributed by atoms with E-state index < -0.39 is 19.5 Å². The molecule has 25 heavy (non-hydrogen) atoms. The monoisotopic (exact) mass is 367 g/mol. The van der Waals surface area contributed by atoms with Crippen LogP contribution in [0.15, 0.2) is 24.3 Å². The van der Waals surface area contributed by atoms with Crippen LogP contribution in [-0.4, -0.2) is 43.1 Å². The summed E-state index contributed by atoms with van der Waals surface area (Å²) in [5, 5.41) is 13.0. The van der Waals surface area contributed by atoms with Crippen molar-refractivity contribution in [2.45, 2.75) is 32.2 Å². The average Bonchev–Trinajstić information content (AvgIpc) is 2.98. The number of hydroxylamine groups is 2. The highest BCUT2D eigenvalue weighted by Gasteiger charge is 2.48. The molecule has 2 atom stereocenters. The van der Waals surface area contributed by atoms with Gasteiger partial charge in [-0.1, -0.05) is 6.07 Å². The van der Waals surface area contributed by atoms with Gasteiger partial charge in [0.2, 0.25) is 0 Å². The molecule has 1 aliphatic heterocycles. The van der Waals surface area contributed by atoms with E-state index in [9.17, 15) is 9.36 Å². The minimum Gasteiger partial charge on any atom is -0.324 e. The molecule has 8 nitrogen and oxygen atoms in total. The van der Waals surface area contributed by atoms with Gasteiger partial charge in [0.15, 0.2) is 6.10 Å². The number of nitriles is 1. The van der Waals surface area contributed by atoms with Gasteiger partial charge in [-0.15, -0.1) is 0 Å². The Morgan fingerprint density at radius 3 is 2.72 bits per heavy atom. The molecule has 136 valence electrons. The number of nitrogens with one attached hydrogen (secondary N) is 1. The highest BCUT2D eigenvalue weighted by Crippen LogP contribution is 2.57. The fourth-order valence-electron chi connectivity index (χ4n) is 2.60. The smallest absolute Gasteiger partial charge is 0.324 e. The second kappa shape index (κ2) is 8.56. The first-order chi connectivity index (χ1) is 11.9. The van der Waals surface area contributed by atoms with Gasteiger partial charge < -0.3 is 14.4 Å². The first-order valence-corrected chi connectivity index (χ1v) is 9.64. The van der Waals surface area contributed by atoms with Gasteiger partial charge in [0, 0.05) is 19.2 Å². The van der Waals surface area contributed by atoms with E-state index in [1.165, 1.54) is 5.06 Å². The molecule has 0 aromatic heterocycles. The third-order valence-corrected chi connectivity index (χ3v) is 6.18. The van der Waals surface area contributed by atoms with Crippen molar-refractivity contribution in [1.29, 1.82) is 5.26 Å². The standard InChI is InChI=1S/C16H22N3O5P/c1-4-22-25(21,23-5-2)15-10-14(24-19(15)3)16(20)18-13-8-6-7-12(9-13)11-17/h6-9,14-15H,4-5,10H2,1-3H3,(H,18,20)/t14-,15+/m1/s1. The molecule has 1 heterocycles. The predicted molar refractivity (Wildman–Crippen MR) is 91.7 cm³/mol. The van der Waals surface area contributed by atoms with Crippen LogP contribution in [0.5, 0.6) is 0 Å². The van der Waals surface area contributed by atoms with Crippen LogP contribution in [-0.2, 0) is 23.2 Å². The summed E-state index contributed by atoms with van der Waals surface area (Å²) in [6.07, 6.45) is -0.646. The van der Waals surface area contributed by atoms with Crippen LogP contribution in [0.4, 0.5) is 5.69 Å². The summed E-state index contributed by atoms with van der Waals surface area (Å²) in [7, 11) is -1.82. The number of carbonyl (C=O) groups is 1. The minimum absolute atomic E-state index is 0.178. The lowest BCUT2D eigenvalue weighted by molar-refractivity contribution is -0.155. The number of rotatable bonds is 7. The molecule has 1 aliphatic rings. The fraction of sp³-hybridized carbons (Fsp3) is 0.500. The molecule has 2 rings (SSSR count). The maximum atomic E-state index is 12.9. The molecule has 0 unspecified atom stereocenters. The molecule has 0 aliphatic carbocycles. The summed E-state index contributed by atoms with van der Waals surface area (Å²) >= 11 is 0. The highest BCUT2D eigenvalue weighted by atomic mass is 31.2. The van der Waals surface area contributed by atoms with E-state index >= 15 is 0 Å². The number of anilines is 1. The number of nitrogens with zero attached hydrogens (tertiary/aromatic N) is 2. The van der Waals surface area contributed by atoms with Crippen LogP contribution < -0.4 is 5.32 Å². The molecule has 9 heteroatoms. The van der Waals surface area contributed by atoms with E-state index in [1.54, 1.807) is 45.2 Å². The summed E-state index contributed by atoms with van der Waals surface area (Å²) in [6, 6.07) is 8.58. The van der Waals surface area contributed by atoms with Crippen LogP contribution in [0, 0.1) is 11.3 Å². The Bertz CT molecular complexity index is 695. The first kappa shape index (κ1) is 19.6. The van der Waals surface area contributed by atoms with Crippen molar-refractivity contribution >= 4 is 19.2 Å². The second-order valence-corrected chi connectivity index (χ2v) is 7.61. The largest absolute Gasteiger partial charge is 0.350 e. The Labute approximate surface area is 147 Å². The van der Waals surface area contributed by atoms with Crippen LogP contribution in [0.1, 0.15) is 25.8 Å². The zero-order valence-electron chi connectivity index (χ0n) is 14.5. The molecule has 0 spiro atoms.